The Morgan fingerprint density at radius 3 is 3.06 bits per heavy atom. The first-order valence-electron chi connectivity index (χ1n) is 6.05. The van der Waals surface area contributed by atoms with E-state index in [1.165, 1.54) is 31.0 Å². The van der Waals surface area contributed by atoms with Crippen molar-refractivity contribution in [2.45, 2.75) is 13.0 Å². The zero-order valence-corrected chi connectivity index (χ0v) is 11.6. The third kappa shape index (κ3) is 3.37. The van der Waals surface area contributed by atoms with Gasteiger partial charge in [-0.15, -0.1) is 5.10 Å². The van der Waals surface area contributed by atoms with Crippen molar-refractivity contribution in [2.75, 3.05) is 46.1 Å². The van der Waals surface area contributed by atoms with Crippen LogP contribution < -0.4 is 5.32 Å². The maximum atomic E-state index is 4.17. The van der Waals surface area contributed by atoms with E-state index in [-0.39, 0.29) is 0 Å². The van der Waals surface area contributed by atoms with E-state index in [0.717, 1.165) is 29.7 Å². The Morgan fingerprint density at radius 1 is 1.59 bits per heavy atom. The van der Waals surface area contributed by atoms with Crippen molar-refractivity contribution in [3.05, 3.63) is 5.69 Å². The molecule has 0 radical (unpaired) electrons. The molecule has 0 saturated carbocycles. The molecule has 96 valence electrons. The summed E-state index contributed by atoms with van der Waals surface area (Å²) in [4.78, 5) is 4.75. The first kappa shape index (κ1) is 12.7. The molecule has 17 heavy (non-hydrogen) atoms. The number of likely N-dealkylation sites (tertiary alicyclic amines) is 1. The van der Waals surface area contributed by atoms with Crippen LogP contribution in [0.4, 0.5) is 5.00 Å². The molecule has 5 nitrogen and oxygen atoms in total. The molecule has 1 unspecified atom stereocenters. The van der Waals surface area contributed by atoms with E-state index in [9.17, 15) is 0 Å². The van der Waals surface area contributed by atoms with Crippen molar-refractivity contribution in [1.82, 2.24) is 19.4 Å². The lowest BCUT2D eigenvalue weighted by molar-refractivity contribution is 0.265. The maximum Gasteiger partial charge on any atom is 0.134 e. The summed E-state index contributed by atoms with van der Waals surface area (Å²) in [6, 6.07) is 0. The molecule has 1 aromatic rings. The Labute approximate surface area is 107 Å². The first-order valence-corrected chi connectivity index (χ1v) is 6.82. The van der Waals surface area contributed by atoms with Gasteiger partial charge in [0.25, 0.3) is 0 Å². The Morgan fingerprint density at radius 2 is 2.41 bits per heavy atom. The summed E-state index contributed by atoms with van der Waals surface area (Å²) in [5, 5.41) is 8.39. The fraction of sp³-hybridized carbons (Fsp3) is 0.818. The molecular formula is C11H21N5S. The van der Waals surface area contributed by atoms with Crippen LogP contribution in [-0.4, -0.2) is 60.2 Å². The topological polar surface area (TPSA) is 44.3 Å². The fourth-order valence-corrected chi connectivity index (χ4v) is 2.96. The molecule has 1 atom stereocenters. The molecule has 6 heteroatoms. The molecule has 0 spiro atoms. The van der Waals surface area contributed by atoms with Gasteiger partial charge in [-0.2, -0.15) is 0 Å². The minimum atomic E-state index is 0.801. The van der Waals surface area contributed by atoms with Crippen LogP contribution in [0.1, 0.15) is 12.1 Å². The molecule has 1 aliphatic rings. The van der Waals surface area contributed by atoms with Crippen molar-refractivity contribution in [3.8, 4) is 0 Å². The molecule has 1 aromatic heterocycles. The number of aromatic nitrogens is 2. The summed E-state index contributed by atoms with van der Waals surface area (Å²) < 4.78 is 3.98. The molecule has 2 rings (SSSR count). The van der Waals surface area contributed by atoms with Crippen LogP contribution in [0.3, 0.4) is 0 Å². The number of anilines is 1. The number of hydrogen-bond acceptors (Lipinski definition) is 6. The molecule has 0 amide bonds. The smallest absolute Gasteiger partial charge is 0.134 e. The lowest BCUT2D eigenvalue weighted by Gasteiger charge is -2.20. The summed E-state index contributed by atoms with van der Waals surface area (Å²) in [6.45, 7) is 4.48. The Kier molecular flexibility index (Phi) is 4.31. The third-order valence-electron chi connectivity index (χ3n) is 3.26. The van der Waals surface area contributed by atoms with Gasteiger partial charge in [0, 0.05) is 38.2 Å². The summed E-state index contributed by atoms with van der Waals surface area (Å²) >= 11 is 1.43. The van der Waals surface area contributed by atoms with E-state index in [4.69, 9.17) is 0 Å². The summed E-state index contributed by atoms with van der Waals surface area (Å²) in [5.74, 6) is 0.801. The van der Waals surface area contributed by atoms with Gasteiger partial charge in [0.15, 0.2) is 0 Å². The van der Waals surface area contributed by atoms with E-state index >= 15 is 0 Å². The quantitative estimate of drug-likeness (QED) is 0.849. The van der Waals surface area contributed by atoms with E-state index in [1.807, 2.05) is 7.05 Å². The van der Waals surface area contributed by atoms with Gasteiger partial charge in [0.2, 0.25) is 0 Å². The van der Waals surface area contributed by atoms with Crippen LogP contribution in [-0.2, 0) is 6.54 Å². The van der Waals surface area contributed by atoms with E-state index in [1.54, 1.807) is 0 Å². The van der Waals surface area contributed by atoms with Gasteiger partial charge in [-0.05, 0) is 33.0 Å². The monoisotopic (exact) mass is 255 g/mol. The number of hydrogen-bond donors (Lipinski definition) is 1. The largest absolute Gasteiger partial charge is 0.377 e. The second-order valence-electron chi connectivity index (χ2n) is 4.91. The van der Waals surface area contributed by atoms with Gasteiger partial charge < -0.3 is 15.1 Å². The molecule has 0 bridgehead atoms. The van der Waals surface area contributed by atoms with Crippen LogP contribution in [0, 0.1) is 5.92 Å². The van der Waals surface area contributed by atoms with Crippen molar-refractivity contribution >= 4 is 16.5 Å². The molecule has 0 aromatic carbocycles. The number of rotatable bonds is 5. The van der Waals surface area contributed by atoms with Gasteiger partial charge in [-0.25, -0.2) is 0 Å². The number of nitrogens with zero attached hydrogens (tertiary/aromatic N) is 4. The molecule has 0 aliphatic carbocycles. The van der Waals surface area contributed by atoms with Crippen molar-refractivity contribution < 1.29 is 0 Å². The van der Waals surface area contributed by atoms with Gasteiger partial charge >= 0.3 is 0 Å². The molecule has 1 aliphatic heterocycles. The van der Waals surface area contributed by atoms with Crippen molar-refractivity contribution in [3.63, 3.8) is 0 Å². The molecule has 2 heterocycles. The van der Waals surface area contributed by atoms with Crippen LogP contribution in [0.25, 0.3) is 0 Å². The highest BCUT2D eigenvalue weighted by Gasteiger charge is 2.21. The molecule has 1 saturated heterocycles. The van der Waals surface area contributed by atoms with Crippen LogP contribution >= 0.6 is 11.5 Å². The zero-order valence-electron chi connectivity index (χ0n) is 10.8. The highest BCUT2D eigenvalue weighted by Crippen LogP contribution is 2.20. The van der Waals surface area contributed by atoms with Crippen LogP contribution in [0.15, 0.2) is 0 Å². The highest BCUT2D eigenvalue weighted by molar-refractivity contribution is 7.10. The lowest BCUT2D eigenvalue weighted by atomic mass is 10.1. The Balaban J connectivity index is 1.83. The predicted molar refractivity (Wildman–Crippen MR) is 71.4 cm³/mol. The average molecular weight is 255 g/mol. The standard InChI is InChI=1S/C11H21N5S/c1-12-11-10(13-14-17-11)8-16(3)7-9-4-5-15(2)6-9/h9,12H,4-8H2,1-3H3. The van der Waals surface area contributed by atoms with Gasteiger partial charge in [0.1, 0.15) is 10.7 Å². The molecule has 1 N–H and O–H groups in total. The second kappa shape index (κ2) is 5.75. The highest BCUT2D eigenvalue weighted by atomic mass is 32.1. The Bertz CT molecular complexity index is 353. The Hall–Kier alpha value is -0.720. The lowest BCUT2D eigenvalue weighted by Crippen LogP contribution is -2.27. The minimum Gasteiger partial charge on any atom is -0.377 e. The summed E-state index contributed by atoms with van der Waals surface area (Å²) in [7, 11) is 6.28. The van der Waals surface area contributed by atoms with Gasteiger partial charge in [0.05, 0.1) is 0 Å². The third-order valence-corrected chi connectivity index (χ3v) is 4.05. The minimum absolute atomic E-state index is 0.801. The van der Waals surface area contributed by atoms with Crippen molar-refractivity contribution in [2.24, 2.45) is 5.92 Å². The van der Waals surface area contributed by atoms with Crippen LogP contribution in [0.2, 0.25) is 0 Å². The zero-order chi connectivity index (χ0) is 12.3. The van der Waals surface area contributed by atoms with E-state index < -0.39 is 0 Å². The SMILES string of the molecule is CNc1snnc1CN(C)CC1CCN(C)C1. The summed E-state index contributed by atoms with van der Waals surface area (Å²) in [6.07, 6.45) is 1.31. The predicted octanol–water partition coefficient (Wildman–Crippen LogP) is 0.963. The van der Waals surface area contributed by atoms with E-state index in [2.05, 4.69) is 38.8 Å². The van der Waals surface area contributed by atoms with Gasteiger partial charge in [-0.3, -0.25) is 0 Å². The number of nitrogens with one attached hydrogen (secondary N) is 1. The fourth-order valence-electron chi connectivity index (χ4n) is 2.44. The van der Waals surface area contributed by atoms with Crippen LogP contribution in [0.5, 0.6) is 0 Å². The maximum absolute atomic E-state index is 4.17. The normalized spacial score (nSPS) is 21.3. The average Bonchev–Trinajstić information content (AvgIpc) is 2.87. The second-order valence-corrected chi connectivity index (χ2v) is 5.67. The van der Waals surface area contributed by atoms with Crippen molar-refractivity contribution in [1.29, 1.82) is 0 Å². The first-order chi connectivity index (χ1) is 8.19. The van der Waals surface area contributed by atoms with E-state index in [0.29, 0.717) is 0 Å². The summed E-state index contributed by atoms with van der Waals surface area (Å²) in [5.41, 5.74) is 1.06. The molecule has 1 fully saturated rings. The van der Waals surface area contributed by atoms with Gasteiger partial charge in [-0.1, -0.05) is 4.49 Å². The molecular weight excluding hydrogens is 234 g/mol.